The van der Waals surface area contributed by atoms with E-state index in [1.54, 1.807) is 32.9 Å². The number of esters is 2. The second-order valence-electron chi connectivity index (χ2n) is 7.83. The average molecular weight is 320 g/mol. The van der Waals surface area contributed by atoms with Crippen molar-refractivity contribution in [2.75, 3.05) is 6.61 Å². The fourth-order valence-corrected chi connectivity index (χ4v) is 1.99. The molecule has 0 saturated carbocycles. The van der Waals surface area contributed by atoms with Crippen LogP contribution in [0.4, 0.5) is 0 Å². The molecule has 0 saturated heterocycles. The predicted molar refractivity (Wildman–Crippen MR) is 90.7 cm³/mol. The lowest BCUT2D eigenvalue weighted by molar-refractivity contribution is 0.00620. The minimum atomic E-state index is -0.619. The van der Waals surface area contributed by atoms with Crippen LogP contribution in [-0.4, -0.2) is 24.1 Å². The van der Waals surface area contributed by atoms with Gasteiger partial charge >= 0.3 is 11.9 Å². The monoisotopic (exact) mass is 320 g/mol. The number of carbonyl (C=O) groups excluding carboxylic acids is 2. The van der Waals surface area contributed by atoms with Crippen LogP contribution in [0.25, 0.3) is 0 Å². The standard InChI is InChI=1S/C19H28O4/c1-8-13-10-9-11-14(16(20)23-19(5,6)7)15(13)17(21)22-12-18(2,3)4/h9-11H,8,12H2,1-7H3. The Bertz CT molecular complexity index is 574. The van der Waals surface area contributed by atoms with Crippen LogP contribution in [0.1, 0.15) is 74.7 Å². The van der Waals surface area contributed by atoms with Gasteiger partial charge in [0.1, 0.15) is 5.60 Å². The number of carbonyl (C=O) groups is 2. The van der Waals surface area contributed by atoms with Crippen molar-refractivity contribution in [1.82, 2.24) is 0 Å². The van der Waals surface area contributed by atoms with Crippen LogP contribution in [0.5, 0.6) is 0 Å². The molecular formula is C19H28O4. The highest BCUT2D eigenvalue weighted by Crippen LogP contribution is 2.22. The molecule has 0 radical (unpaired) electrons. The van der Waals surface area contributed by atoms with Crippen LogP contribution in [0.15, 0.2) is 18.2 Å². The fraction of sp³-hybridized carbons (Fsp3) is 0.579. The highest BCUT2D eigenvalue weighted by atomic mass is 16.6. The summed E-state index contributed by atoms with van der Waals surface area (Å²) in [6.07, 6.45) is 0.636. The first-order valence-electron chi connectivity index (χ1n) is 7.97. The molecule has 1 rings (SSSR count). The van der Waals surface area contributed by atoms with Gasteiger partial charge in [0, 0.05) is 0 Å². The van der Waals surface area contributed by atoms with E-state index >= 15 is 0 Å². The van der Waals surface area contributed by atoms with Gasteiger partial charge in [-0.05, 0) is 44.2 Å². The van der Waals surface area contributed by atoms with Crippen molar-refractivity contribution in [2.24, 2.45) is 5.41 Å². The second kappa shape index (κ2) is 7.16. The summed E-state index contributed by atoms with van der Waals surface area (Å²) < 4.78 is 10.8. The maximum absolute atomic E-state index is 12.5. The summed E-state index contributed by atoms with van der Waals surface area (Å²) in [5.74, 6) is -0.978. The van der Waals surface area contributed by atoms with E-state index in [9.17, 15) is 9.59 Å². The van der Waals surface area contributed by atoms with Gasteiger partial charge in [0.2, 0.25) is 0 Å². The van der Waals surface area contributed by atoms with E-state index in [0.29, 0.717) is 12.0 Å². The molecule has 0 atom stereocenters. The van der Waals surface area contributed by atoms with Crippen LogP contribution in [0.3, 0.4) is 0 Å². The van der Waals surface area contributed by atoms with Gasteiger partial charge in [-0.3, -0.25) is 0 Å². The minimum Gasteiger partial charge on any atom is -0.462 e. The highest BCUT2D eigenvalue weighted by molar-refractivity contribution is 6.04. The number of rotatable bonds is 4. The summed E-state index contributed by atoms with van der Waals surface area (Å²) >= 11 is 0. The smallest absolute Gasteiger partial charge is 0.339 e. The van der Waals surface area contributed by atoms with E-state index in [0.717, 1.165) is 5.56 Å². The lowest BCUT2D eigenvalue weighted by atomic mass is 9.97. The van der Waals surface area contributed by atoms with Crippen molar-refractivity contribution in [3.63, 3.8) is 0 Å². The van der Waals surface area contributed by atoms with Crippen LogP contribution in [-0.2, 0) is 15.9 Å². The van der Waals surface area contributed by atoms with Gasteiger partial charge < -0.3 is 9.47 Å². The molecule has 128 valence electrons. The Balaban J connectivity index is 3.18. The molecule has 23 heavy (non-hydrogen) atoms. The number of aryl methyl sites for hydroxylation is 1. The maximum Gasteiger partial charge on any atom is 0.339 e. The zero-order valence-electron chi connectivity index (χ0n) is 15.3. The van der Waals surface area contributed by atoms with Crippen molar-refractivity contribution in [2.45, 2.75) is 60.5 Å². The lowest BCUT2D eigenvalue weighted by Crippen LogP contribution is -2.26. The van der Waals surface area contributed by atoms with Gasteiger partial charge in [-0.1, -0.05) is 39.8 Å². The summed E-state index contributed by atoms with van der Waals surface area (Å²) in [6, 6.07) is 5.21. The van der Waals surface area contributed by atoms with Gasteiger partial charge in [0.05, 0.1) is 17.7 Å². The molecule has 0 fully saturated rings. The van der Waals surface area contributed by atoms with Gasteiger partial charge in [-0.2, -0.15) is 0 Å². The Morgan fingerprint density at radius 1 is 1.00 bits per heavy atom. The van der Waals surface area contributed by atoms with E-state index in [2.05, 4.69) is 0 Å². The average Bonchev–Trinajstić information content (AvgIpc) is 2.41. The topological polar surface area (TPSA) is 52.6 Å². The van der Waals surface area contributed by atoms with Crippen LogP contribution >= 0.6 is 0 Å². The Morgan fingerprint density at radius 3 is 2.09 bits per heavy atom. The first-order valence-corrected chi connectivity index (χ1v) is 7.97. The molecule has 0 heterocycles. The Hall–Kier alpha value is -1.84. The summed E-state index contributed by atoms with van der Waals surface area (Å²) in [6.45, 7) is 13.6. The van der Waals surface area contributed by atoms with E-state index in [1.165, 1.54) is 0 Å². The lowest BCUT2D eigenvalue weighted by Gasteiger charge is -2.22. The first-order chi connectivity index (χ1) is 10.4. The van der Waals surface area contributed by atoms with E-state index in [1.807, 2.05) is 33.8 Å². The van der Waals surface area contributed by atoms with Crippen LogP contribution in [0, 0.1) is 5.41 Å². The van der Waals surface area contributed by atoms with Gasteiger partial charge in [-0.15, -0.1) is 0 Å². The molecule has 0 unspecified atom stereocenters. The molecule has 0 aromatic heterocycles. The number of hydrogen-bond acceptors (Lipinski definition) is 4. The zero-order chi connectivity index (χ0) is 17.8. The maximum atomic E-state index is 12.5. The largest absolute Gasteiger partial charge is 0.462 e. The summed E-state index contributed by atoms with van der Waals surface area (Å²) in [4.78, 5) is 25.0. The predicted octanol–water partition coefficient (Wildman–Crippen LogP) is 4.41. The number of ether oxygens (including phenoxy) is 2. The third kappa shape index (κ3) is 6.05. The number of benzene rings is 1. The fourth-order valence-electron chi connectivity index (χ4n) is 1.99. The highest BCUT2D eigenvalue weighted by Gasteiger charge is 2.26. The molecule has 0 bridgehead atoms. The van der Waals surface area contributed by atoms with Crippen molar-refractivity contribution in [1.29, 1.82) is 0 Å². The SMILES string of the molecule is CCc1cccc(C(=O)OC(C)(C)C)c1C(=O)OCC(C)(C)C. The van der Waals surface area contributed by atoms with Crippen molar-refractivity contribution in [3.05, 3.63) is 34.9 Å². The molecule has 0 aliphatic heterocycles. The Labute approximate surface area is 139 Å². The van der Waals surface area contributed by atoms with Crippen molar-refractivity contribution < 1.29 is 19.1 Å². The molecular weight excluding hydrogens is 292 g/mol. The van der Waals surface area contributed by atoms with E-state index < -0.39 is 17.5 Å². The normalized spacial score (nSPS) is 12.0. The molecule has 0 spiro atoms. The molecule has 1 aromatic rings. The Morgan fingerprint density at radius 2 is 1.61 bits per heavy atom. The molecule has 4 heteroatoms. The zero-order valence-corrected chi connectivity index (χ0v) is 15.3. The molecule has 0 N–H and O–H groups in total. The minimum absolute atomic E-state index is 0.136. The molecule has 0 amide bonds. The third-order valence-electron chi connectivity index (χ3n) is 2.99. The van der Waals surface area contributed by atoms with Crippen LogP contribution in [0.2, 0.25) is 0 Å². The van der Waals surface area contributed by atoms with Gasteiger partial charge in [-0.25, -0.2) is 9.59 Å². The van der Waals surface area contributed by atoms with Gasteiger partial charge in [0.25, 0.3) is 0 Å². The molecule has 1 aromatic carbocycles. The summed E-state index contributed by atoms with van der Waals surface area (Å²) in [5.41, 5.74) is 0.605. The summed E-state index contributed by atoms with van der Waals surface area (Å²) in [5, 5.41) is 0. The Kier molecular flexibility index (Phi) is 5.98. The van der Waals surface area contributed by atoms with E-state index in [-0.39, 0.29) is 17.6 Å². The van der Waals surface area contributed by atoms with Crippen molar-refractivity contribution >= 4 is 11.9 Å². The second-order valence-corrected chi connectivity index (χ2v) is 7.83. The quantitative estimate of drug-likeness (QED) is 0.771. The molecule has 4 nitrogen and oxygen atoms in total. The van der Waals surface area contributed by atoms with Crippen molar-refractivity contribution in [3.8, 4) is 0 Å². The first kappa shape index (κ1) is 19.2. The van der Waals surface area contributed by atoms with Crippen LogP contribution < -0.4 is 0 Å². The van der Waals surface area contributed by atoms with Gasteiger partial charge in [0.15, 0.2) is 0 Å². The summed E-state index contributed by atoms with van der Waals surface area (Å²) in [7, 11) is 0. The molecule has 0 aliphatic carbocycles. The third-order valence-corrected chi connectivity index (χ3v) is 2.99. The molecule has 0 aliphatic rings. The van der Waals surface area contributed by atoms with E-state index in [4.69, 9.17) is 9.47 Å². The number of hydrogen-bond donors (Lipinski definition) is 0.